The molecular weight excluding hydrogens is 1370 g/mol. The Morgan fingerprint density at radius 2 is 0.455 bits per heavy atom. The highest BCUT2D eigenvalue weighted by Crippen LogP contribution is 2.50. The van der Waals surface area contributed by atoms with E-state index in [1.165, 1.54) is 167 Å². The maximum Gasteiger partial charge on any atom is 0.0540 e. The molecule has 0 N–H and O–H groups in total. The Bertz CT molecular complexity index is 7120. The second kappa shape index (κ2) is 27.2. The van der Waals surface area contributed by atoms with Gasteiger partial charge in [0.05, 0.1) is 11.4 Å². The number of hydrogen-bond donors (Lipinski definition) is 0. The van der Waals surface area contributed by atoms with E-state index in [2.05, 4.69) is 422 Å². The largest absolute Gasteiger partial charge is 0.310 e. The molecule has 0 bridgehead atoms. The van der Waals surface area contributed by atoms with Crippen molar-refractivity contribution in [2.24, 2.45) is 0 Å². The van der Waals surface area contributed by atoms with Gasteiger partial charge < -0.3 is 9.80 Å². The van der Waals surface area contributed by atoms with Crippen molar-refractivity contribution in [2.45, 2.75) is 0 Å². The first-order chi connectivity index (χ1) is 54.5. The highest BCUT2D eigenvalue weighted by atomic mass is 32.1. The average Bonchev–Trinajstić information content (AvgIpc) is 1.52. The fraction of sp³-hybridized carbons (Fsp3) is 0. The molecule has 0 aliphatic carbocycles. The van der Waals surface area contributed by atoms with Crippen molar-refractivity contribution in [3.63, 3.8) is 0 Å². The van der Waals surface area contributed by atoms with Crippen LogP contribution in [0.3, 0.4) is 0 Å². The molecule has 0 amide bonds. The summed E-state index contributed by atoms with van der Waals surface area (Å²) in [5.74, 6) is 0. The first kappa shape index (κ1) is 64.6. The minimum absolute atomic E-state index is 1.08. The highest BCUT2D eigenvalue weighted by Gasteiger charge is 2.24. The van der Waals surface area contributed by atoms with Crippen LogP contribution in [-0.4, -0.2) is 0 Å². The van der Waals surface area contributed by atoms with Crippen LogP contribution < -0.4 is 9.80 Å². The fourth-order valence-electron chi connectivity index (χ4n) is 16.8. The molecule has 2 heterocycles. The molecule has 0 atom stereocenters. The standard InChI is InChI=1S/C106H68N2S2/c1-2-20-79-65-80(44-41-69(79)17-1)73-49-58-86(59-50-73)108(88-62-53-78(54-63-88)92-29-14-22-76-19-4-6-24-90(76)92)100-33-11-8-26-94(100)96-31-16-36-103-106(96)98-64-55-83(68-104(98)110-103)82-46-43-74-42-45-81(66-84(74)67-82)72-39-37-70(38-40-72)71-47-56-85(57-48-71)107(87-60-51-77(52-61-87)91-28-13-21-75-18-3-5-23-89(75)91)99-32-10-7-25-93(99)95-30-15-35-102-105(95)97-27-9-12-34-101(97)109-102/h1-68H. The lowest BCUT2D eigenvalue weighted by Crippen LogP contribution is -2.11. The maximum atomic E-state index is 2.44. The van der Waals surface area contributed by atoms with Crippen LogP contribution >= 0.6 is 22.7 Å². The van der Waals surface area contributed by atoms with E-state index in [1.807, 2.05) is 22.7 Å². The molecule has 0 saturated heterocycles. The maximum absolute atomic E-state index is 2.44. The van der Waals surface area contributed by atoms with Crippen molar-refractivity contribution in [3.8, 4) is 89.0 Å². The Morgan fingerprint density at radius 1 is 0.155 bits per heavy atom. The van der Waals surface area contributed by atoms with Gasteiger partial charge in [-0.05, 0) is 224 Å². The first-order valence-corrected chi connectivity index (χ1v) is 39.3. The zero-order valence-corrected chi connectivity index (χ0v) is 61.6. The molecule has 514 valence electrons. The lowest BCUT2D eigenvalue weighted by atomic mass is 9.94. The summed E-state index contributed by atoms with van der Waals surface area (Å²) >= 11 is 3.74. The summed E-state index contributed by atoms with van der Waals surface area (Å²) in [6.07, 6.45) is 0. The zero-order chi connectivity index (χ0) is 72.6. The van der Waals surface area contributed by atoms with E-state index < -0.39 is 0 Å². The number of thiophene rings is 2. The van der Waals surface area contributed by atoms with Crippen LogP contribution in [0.15, 0.2) is 413 Å². The van der Waals surface area contributed by atoms with Crippen LogP contribution in [0.5, 0.6) is 0 Å². The van der Waals surface area contributed by atoms with Crippen LogP contribution in [0.1, 0.15) is 0 Å². The van der Waals surface area contributed by atoms with E-state index in [-0.39, 0.29) is 0 Å². The summed E-state index contributed by atoms with van der Waals surface area (Å²) in [4.78, 5) is 4.87. The van der Waals surface area contributed by atoms with Crippen molar-refractivity contribution < 1.29 is 0 Å². The summed E-state index contributed by atoms with van der Waals surface area (Å²) in [6, 6.07) is 153. The molecule has 0 aliphatic heterocycles. The molecule has 0 fully saturated rings. The van der Waals surface area contributed by atoms with Crippen LogP contribution in [0, 0.1) is 0 Å². The van der Waals surface area contributed by atoms with E-state index in [0.29, 0.717) is 0 Å². The van der Waals surface area contributed by atoms with E-state index in [4.69, 9.17) is 0 Å². The van der Waals surface area contributed by atoms with E-state index in [0.717, 1.165) is 39.7 Å². The molecule has 0 aliphatic rings. The molecule has 0 spiro atoms. The molecule has 4 heteroatoms. The molecule has 0 saturated carbocycles. The van der Waals surface area contributed by atoms with Gasteiger partial charge in [-0.15, -0.1) is 22.7 Å². The summed E-state index contributed by atoms with van der Waals surface area (Å²) in [5.41, 5.74) is 25.6. The van der Waals surface area contributed by atoms with Gasteiger partial charge in [-0.1, -0.05) is 309 Å². The smallest absolute Gasteiger partial charge is 0.0540 e. The zero-order valence-electron chi connectivity index (χ0n) is 60.0. The molecular formula is C106H68N2S2. The molecule has 21 aromatic rings. The minimum Gasteiger partial charge on any atom is -0.310 e. The normalized spacial score (nSPS) is 11.6. The van der Waals surface area contributed by atoms with Crippen molar-refractivity contribution in [1.82, 2.24) is 0 Å². The third kappa shape index (κ3) is 11.6. The second-order valence-electron chi connectivity index (χ2n) is 28.6. The van der Waals surface area contributed by atoms with E-state index in [1.54, 1.807) is 0 Å². The van der Waals surface area contributed by atoms with Crippen LogP contribution in [-0.2, 0) is 0 Å². The average molecular weight is 1430 g/mol. The van der Waals surface area contributed by atoms with Gasteiger partial charge in [0.25, 0.3) is 0 Å². The second-order valence-corrected chi connectivity index (χ2v) is 30.8. The van der Waals surface area contributed by atoms with Gasteiger partial charge in [0.1, 0.15) is 0 Å². The monoisotopic (exact) mass is 1430 g/mol. The van der Waals surface area contributed by atoms with E-state index in [9.17, 15) is 0 Å². The number of fused-ring (bicyclic) bond motifs is 10. The van der Waals surface area contributed by atoms with Gasteiger partial charge in [-0.3, -0.25) is 0 Å². The molecule has 21 rings (SSSR count). The van der Waals surface area contributed by atoms with Crippen LogP contribution in [0.25, 0.3) is 172 Å². The molecule has 2 aromatic heterocycles. The van der Waals surface area contributed by atoms with Crippen molar-refractivity contribution >= 4 is 140 Å². The lowest BCUT2D eigenvalue weighted by molar-refractivity contribution is 1.28. The summed E-state index contributed by atoms with van der Waals surface area (Å²) in [5, 5.41) is 15.0. The number of rotatable bonds is 14. The van der Waals surface area contributed by atoms with Crippen molar-refractivity contribution in [3.05, 3.63) is 413 Å². The Morgan fingerprint density at radius 3 is 0.964 bits per heavy atom. The number of hydrogen-bond acceptors (Lipinski definition) is 4. The predicted octanol–water partition coefficient (Wildman–Crippen LogP) is 31.3. The summed E-state index contributed by atoms with van der Waals surface area (Å²) in [6.45, 7) is 0. The molecule has 2 nitrogen and oxygen atoms in total. The van der Waals surface area contributed by atoms with Gasteiger partial charge in [0.15, 0.2) is 0 Å². The van der Waals surface area contributed by atoms with E-state index >= 15 is 0 Å². The molecule has 110 heavy (non-hydrogen) atoms. The fourth-order valence-corrected chi connectivity index (χ4v) is 19.1. The highest BCUT2D eigenvalue weighted by molar-refractivity contribution is 7.26. The van der Waals surface area contributed by atoms with Gasteiger partial charge in [-0.25, -0.2) is 0 Å². The molecule has 0 radical (unpaired) electrons. The number of anilines is 6. The van der Waals surface area contributed by atoms with Crippen LogP contribution in [0.2, 0.25) is 0 Å². The van der Waals surface area contributed by atoms with Crippen molar-refractivity contribution in [1.29, 1.82) is 0 Å². The Kier molecular flexibility index (Phi) is 16.0. The summed E-state index contributed by atoms with van der Waals surface area (Å²) < 4.78 is 5.11. The Hall–Kier alpha value is -13.7. The van der Waals surface area contributed by atoms with Crippen molar-refractivity contribution in [2.75, 3.05) is 9.80 Å². The van der Waals surface area contributed by atoms with Crippen LogP contribution in [0.4, 0.5) is 34.1 Å². The van der Waals surface area contributed by atoms with Gasteiger partial charge in [0.2, 0.25) is 0 Å². The van der Waals surface area contributed by atoms with Gasteiger partial charge in [0, 0.05) is 74.2 Å². The Labute approximate surface area is 646 Å². The first-order valence-electron chi connectivity index (χ1n) is 37.7. The third-order valence-electron chi connectivity index (χ3n) is 22.3. The third-order valence-corrected chi connectivity index (χ3v) is 24.5. The van der Waals surface area contributed by atoms with Gasteiger partial charge in [-0.2, -0.15) is 0 Å². The number of para-hydroxylation sites is 2. The molecule has 0 unspecified atom stereocenters. The number of benzene rings is 19. The minimum atomic E-state index is 1.08. The lowest BCUT2D eigenvalue weighted by Gasteiger charge is -2.28. The summed E-state index contributed by atoms with van der Waals surface area (Å²) in [7, 11) is 0. The Balaban J connectivity index is 0.584. The molecule has 19 aromatic carbocycles. The predicted molar refractivity (Wildman–Crippen MR) is 475 cm³/mol. The quantitative estimate of drug-likeness (QED) is 0.107. The van der Waals surface area contributed by atoms with Gasteiger partial charge >= 0.3 is 0 Å². The topological polar surface area (TPSA) is 6.48 Å². The SMILES string of the molecule is c1ccc(N(c2ccc(-c3ccc(-c4ccc5ccc(-c6ccc7c(c6)sc6cccc(-c8ccccc8N(c8ccc(-c9ccc%10ccccc%10c9)cc8)c8ccc(-c9cccc%10ccccc9%10)cc8)c67)cc5c4)cc3)cc2)c2ccc(-c3cccc4ccccc34)cc2)c(-c2cccc3sc4ccccc4c23)c1. The number of nitrogens with zero attached hydrogens (tertiary/aromatic N) is 2.